The number of aliphatic carboxylic acids is 1. The molecular weight excluding hydrogens is 364 g/mol. The Labute approximate surface area is 154 Å². The van der Waals surface area contributed by atoms with Crippen molar-refractivity contribution in [3.05, 3.63) is 40.4 Å². The van der Waals surface area contributed by atoms with Crippen LogP contribution in [0.15, 0.2) is 29.6 Å². The summed E-state index contributed by atoms with van der Waals surface area (Å²) in [6, 6.07) is 6.16. The van der Waals surface area contributed by atoms with E-state index in [0.29, 0.717) is 15.7 Å². The molecule has 0 aliphatic rings. The first-order valence-corrected chi connectivity index (χ1v) is 8.83. The maximum absolute atomic E-state index is 11.8. The Morgan fingerprint density at radius 2 is 2.04 bits per heavy atom. The third-order valence-electron chi connectivity index (χ3n) is 3.06. The van der Waals surface area contributed by atoms with Crippen molar-refractivity contribution in [3.8, 4) is 10.6 Å². The first kappa shape index (κ1) is 19.2. The summed E-state index contributed by atoms with van der Waals surface area (Å²) >= 11 is 7.52. The third-order valence-corrected chi connectivity index (χ3v) is 4.31. The Morgan fingerprint density at radius 3 is 2.64 bits per heavy atom. The van der Waals surface area contributed by atoms with Crippen molar-refractivity contribution >= 4 is 35.0 Å². The van der Waals surface area contributed by atoms with Gasteiger partial charge in [0, 0.05) is 17.4 Å². The summed E-state index contributed by atoms with van der Waals surface area (Å²) in [5.41, 5.74) is 0.640. The van der Waals surface area contributed by atoms with Crippen molar-refractivity contribution in [2.24, 2.45) is 0 Å². The van der Waals surface area contributed by atoms with E-state index in [2.05, 4.69) is 10.3 Å². The fourth-order valence-corrected chi connectivity index (χ4v) is 3.17. The lowest BCUT2D eigenvalue weighted by molar-refractivity contribution is -0.139. The molecule has 0 aliphatic carbocycles. The van der Waals surface area contributed by atoms with Gasteiger partial charge in [-0.3, -0.25) is 0 Å². The van der Waals surface area contributed by atoms with E-state index in [0.717, 1.165) is 5.56 Å². The highest BCUT2D eigenvalue weighted by molar-refractivity contribution is 7.13. The summed E-state index contributed by atoms with van der Waals surface area (Å²) in [6.07, 6.45) is -0.725. The fraction of sp³-hybridized carbons (Fsp3) is 0.353. The second-order valence-corrected chi connectivity index (χ2v) is 7.63. The van der Waals surface area contributed by atoms with Crippen LogP contribution in [0.1, 0.15) is 26.5 Å². The van der Waals surface area contributed by atoms with E-state index in [1.807, 2.05) is 18.2 Å². The molecule has 25 heavy (non-hydrogen) atoms. The van der Waals surface area contributed by atoms with Crippen molar-refractivity contribution in [1.82, 2.24) is 10.3 Å². The predicted molar refractivity (Wildman–Crippen MR) is 97.1 cm³/mol. The number of hydrogen-bond acceptors (Lipinski definition) is 5. The molecule has 1 aromatic heterocycles. The van der Waals surface area contributed by atoms with E-state index >= 15 is 0 Å². The lowest BCUT2D eigenvalue weighted by Crippen LogP contribution is -2.44. The SMILES string of the molecule is CC(C)(C)OC(=O)NC(Cc1csc(-c2ccccc2Cl)n1)C(=O)O. The second kappa shape index (κ2) is 7.84. The van der Waals surface area contributed by atoms with Crippen LogP contribution in [0.2, 0.25) is 5.02 Å². The topological polar surface area (TPSA) is 88.5 Å². The lowest BCUT2D eigenvalue weighted by atomic mass is 10.1. The molecule has 1 unspecified atom stereocenters. The van der Waals surface area contributed by atoms with E-state index in [4.69, 9.17) is 16.3 Å². The van der Waals surface area contributed by atoms with Crippen LogP contribution in [0, 0.1) is 0 Å². The molecule has 8 heteroatoms. The molecule has 0 radical (unpaired) electrons. The lowest BCUT2D eigenvalue weighted by Gasteiger charge is -2.21. The molecule has 0 fully saturated rings. The molecule has 1 atom stereocenters. The van der Waals surface area contributed by atoms with Gasteiger partial charge < -0.3 is 15.2 Å². The number of carbonyl (C=O) groups excluding carboxylic acids is 1. The summed E-state index contributed by atoms with van der Waals surface area (Å²) in [4.78, 5) is 27.6. The molecule has 6 nitrogen and oxygen atoms in total. The van der Waals surface area contributed by atoms with E-state index in [-0.39, 0.29) is 6.42 Å². The van der Waals surface area contributed by atoms with Crippen LogP contribution in [-0.4, -0.2) is 33.8 Å². The molecule has 0 saturated carbocycles. The Morgan fingerprint density at radius 1 is 1.36 bits per heavy atom. The number of nitrogens with one attached hydrogen (secondary N) is 1. The van der Waals surface area contributed by atoms with Crippen LogP contribution in [0.3, 0.4) is 0 Å². The van der Waals surface area contributed by atoms with Gasteiger partial charge in [-0.2, -0.15) is 0 Å². The number of halogens is 1. The molecule has 0 aliphatic heterocycles. The van der Waals surface area contributed by atoms with Crippen molar-refractivity contribution in [2.45, 2.75) is 38.8 Å². The minimum atomic E-state index is -1.15. The summed E-state index contributed by atoms with van der Waals surface area (Å²) in [7, 11) is 0. The number of carboxylic acids is 1. The zero-order chi connectivity index (χ0) is 18.6. The first-order chi connectivity index (χ1) is 11.7. The minimum Gasteiger partial charge on any atom is -0.480 e. The van der Waals surface area contributed by atoms with E-state index in [1.54, 1.807) is 32.2 Å². The maximum atomic E-state index is 11.8. The molecule has 2 rings (SSSR count). The number of benzene rings is 1. The summed E-state index contributed by atoms with van der Waals surface area (Å²) in [6.45, 7) is 5.12. The van der Waals surface area contributed by atoms with Gasteiger partial charge in [-0.15, -0.1) is 11.3 Å². The van der Waals surface area contributed by atoms with E-state index in [9.17, 15) is 14.7 Å². The number of ether oxygens (including phenoxy) is 1. The molecule has 2 aromatic rings. The largest absolute Gasteiger partial charge is 0.480 e. The standard InChI is InChI=1S/C17H19ClN2O4S/c1-17(2,3)24-16(23)20-13(15(21)22)8-10-9-25-14(19-10)11-6-4-5-7-12(11)18/h4-7,9,13H,8H2,1-3H3,(H,20,23)(H,21,22). The van der Waals surface area contributed by atoms with Crippen LogP contribution < -0.4 is 5.32 Å². The number of rotatable bonds is 5. The number of nitrogens with zero attached hydrogens (tertiary/aromatic N) is 1. The Bertz CT molecular complexity index is 770. The van der Waals surface area contributed by atoms with E-state index in [1.165, 1.54) is 11.3 Å². The number of thiazole rings is 1. The smallest absolute Gasteiger partial charge is 0.408 e. The van der Waals surface area contributed by atoms with Crippen molar-refractivity contribution in [3.63, 3.8) is 0 Å². The fourth-order valence-electron chi connectivity index (χ4n) is 2.02. The van der Waals surface area contributed by atoms with Gasteiger partial charge in [-0.05, 0) is 26.8 Å². The molecule has 1 heterocycles. The zero-order valence-electron chi connectivity index (χ0n) is 14.1. The molecular formula is C17H19ClN2O4S. The Balaban J connectivity index is 2.09. The van der Waals surface area contributed by atoms with E-state index < -0.39 is 23.7 Å². The highest BCUT2D eigenvalue weighted by Crippen LogP contribution is 2.30. The quantitative estimate of drug-likeness (QED) is 0.816. The third kappa shape index (κ3) is 5.72. The molecule has 1 aromatic carbocycles. The van der Waals surface area contributed by atoms with Crippen LogP contribution in [0.4, 0.5) is 4.79 Å². The van der Waals surface area contributed by atoms with Crippen LogP contribution >= 0.6 is 22.9 Å². The number of aromatic nitrogens is 1. The summed E-state index contributed by atoms with van der Waals surface area (Å²) < 4.78 is 5.10. The summed E-state index contributed by atoms with van der Waals surface area (Å²) in [5.74, 6) is -1.15. The number of carboxylic acid groups (broad SMARTS) is 1. The number of amides is 1. The average Bonchev–Trinajstić information content (AvgIpc) is 2.93. The van der Waals surface area contributed by atoms with Crippen molar-refractivity contribution < 1.29 is 19.4 Å². The van der Waals surface area contributed by atoms with Gasteiger partial charge in [-0.25, -0.2) is 14.6 Å². The van der Waals surface area contributed by atoms with Crippen LogP contribution in [-0.2, 0) is 16.0 Å². The average molecular weight is 383 g/mol. The van der Waals surface area contributed by atoms with Crippen molar-refractivity contribution in [1.29, 1.82) is 0 Å². The molecule has 1 amide bonds. The van der Waals surface area contributed by atoms with Gasteiger partial charge in [0.25, 0.3) is 0 Å². The number of hydrogen-bond donors (Lipinski definition) is 2. The van der Waals surface area contributed by atoms with Gasteiger partial charge in [0.15, 0.2) is 0 Å². The first-order valence-electron chi connectivity index (χ1n) is 7.57. The van der Waals surface area contributed by atoms with Gasteiger partial charge in [-0.1, -0.05) is 29.8 Å². The molecule has 134 valence electrons. The van der Waals surface area contributed by atoms with Gasteiger partial charge in [0.05, 0.1) is 10.7 Å². The summed E-state index contributed by atoms with van der Waals surface area (Å²) in [5, 5.41) is 14.7. The monoisotopic (exact) mass is 382 g/mol. The van der Waals surface area contributed by atoms with Gasteiger partial charge >= 0.3 is 12.1 Å². The van der Waals surface area contributed by atoms with Crippen LogP contribution in [0.5, 0.6) is 0 Å². The zero-order valence-corrected chi connectivity index (χ0v) is 15.6. The highest BCUT2D eigenvalue weighted by atomic mass is 35.5. The normalized spacial score (nSPS) is 12.5. The number of carbonyl (C=O) groups is 2. The van der Waals surface area contributed by atoms with Gasteiger partial charge in [0.1, 0.15) is 16.7 Å². The van der Waals surface area contributed by atoms with Crippen LogP contribution in [0.25, 0.3) is 10.6 Å². The Kier molecular flexibility index (Phi) is 6.02. The molecule has 0 saturated heterocycles. The molecule has 0 bridgehead atoms. The molecule has 2 N–H and O–H groups in total. The minimum absolute atomic E-state index is 0.0511. The second-order valence-electron chi connectivity index (χ2n) is 6.37. The predicted octanol–water partition coefficient (Wildman–Crippen LogP) is 3.98. The van der Waals surface area contributed by atoms with Gasteiger partial charge in [0.2, 0.25) is 0 Å². The Hall–Kier alpha value is -2.12. The molecule has 0 spiro atoms. The maximum Gasteiger partial charge on any atom is 0.408 e. The van der Waals surface area contributed by atoms with Crippen molar-refractivity contribution in [2.75, 3.05) is 0 Å². The highest BCUT2D eigenvalue weighted by Gasteiger charge is 2.25. The number of alkyl carbamates (subject to hydrolysis) is 1.